The van der Waals surface area contributed by atoms with Crippen LogP contribution in [0.15, 0.2) is 67.0 Å². The minimum absolute atomic E-state index is 0.0664. The van der Waals surface area contributed by atoms with Gasteiger partial charge in [-0.1, -0.05) is 36.4 Å². The zero-order valence-corrected chi connectivity index (χ0v) is 17.4. The van der Waals surface area contributed by atoms with Gasteiger partial charge in [0.1, 0.15) is 17.6 Å². The van der Waals surface area contributed by atoms with Crippen molar-refractivity contribution in [1.82, 2.24) is 9.88 Å². The van der Waals surface area contributed by atoms with Crippen LogP contribution in [-0.4, -0.2) is 29.0 Å². The Balaban J connectivity index is 1.55. The third kappa shape index (κ3) is 4.62. The van der Waals surface area contributed by atoms with Crippen LogP contribution in [0.3, 0.4) is 0 Å². The number of carbonyl (C=O) groups is 1. The fraction of sp³-hybridized carbons (Fsp3) is 0.280. The van der Waals surface area contributed by atoms with Crippen LogP contribution in [0.1, 0.15) is 29.2 Å². The molecule has 1 aliphatic rings. The lowest BCUT2D eigenvalue weighted by Crippen LogP contribution is -2.31. The number of carbonyl (C=O) groups excluding carboxylic acids is 1. The maximum atomic E-state index is 13.3. The Kier molecular flexibility index (Phi) is 5.98. The Morgan fingerprint density at radius 3 is 2.80 bits per heavy atom. The molecule has 0 spiro atoms. The third-order valence-electron chi connectivity index (χ3n) is 5.32. The average molecular weight is 402 g/mol. The van der Waals surface area contributed by atoms with Crippen LogP contribution >= 0.6 is 0 Å². The lowest BCUT2D eigenvalue weighted by molar-refractivity contribution is -0.131. The summed E-state index contributed by atoms with van der Waals surface area (Å²) in [5, 5.41) is 0. The normalized spacial score (nSPS) is 14.7. The Bertz CT molecular complexity index is 1020. The number of fused-ring (bicyclic) bond motifs is 1. The van der Waals surface area contributed by atoms with Crippen molar-refractivity contribution in [2.24, 2.45) is 0 Å². The maximum Gasteiger partial charge on any atom is 0.227 e. The second-order valence-corrected chi connectivity index (χ2v) is 7.67. The van der Waals surface area contributed by atoms with Gasteiger partial charge in [0, 0.05) is 37.5 Å². The van der Waals surface area contributed by atoms with Crippen LogP contribution in [0.4, 0.5) is 0 Å². The molecule has 1 aliphatic heterocycles. The van der Waals surface area contributed by atoms with Crippen molar-refractivity contribution in [2.75, 3.05) is 7.11 Å². The van der Waals surface area contributed by atoms with Crippen molar-refractivity contribution >= 4 is 5.91 Å². The smallest absolute Gasteiger partial charge is 0.227 e. The van der Waals surface area contributed by atoms with Gasteiger partial charge in [0.15, 0.2) is 0 Å². The Morgan fingerprint density at radius 2 is 2.00 bits per heavy atom. The predicted molar refractivity (Wildman–Crippen MR) is 115 cm³/mol. The van der Waals surface area contributed by atoms with Crippen LogP contribution in [0.2, 0.25) is 0 Å². The molecule has 0 bridgehead atoms. The fourth-order valence-electron chi connectivity index (χ4n) is 3.86. The summed E-state index contributed by atoms with van der Waals surface area (Å²) in [5.74, 6) is 1.78. The molecule has 0 fully saturated rings. The average Bonchev–Trinajstić information content (AvgIpc) is 3.13. The van der Waals surface area contributed by atoms with Gasteiger partial charge in [-0.3, -0.25) is 9.78 Å². The highest BCUT2D eigenvalue weighted by Crippen LogP contribution is 2.30. The first kappa shape index (κ1) is 20.0. The van der Waals surface area contributed by atoms with E-state index in [0.29, 0.717) is 19.5 Å². The molecule has 4 rings (SSSR count). The molecule has 5 nitrogen and oxygen atoms in total. The van der Waals surface area contributed by atoms with E-state index in [-0.39, 0.29) is 12.0 Å². The summed E-state index contributed by atoms with van der Waals surface area (Å²) < 4.78 is 11.3. The van der Waals surface area contributed by atoms with Gasteiger partial charge in [-0.2, -0.15) is 0 Å². The molecule has 0 saturated heterocycles. The highest BCUT2D eigenvalue weighted by atomic mass is 16.5. The number of methoxy groups -OCH3 is 1. The van der Waals surface area contributed by atoms with Crippen molar-refractivity contribution in [3.8, 4) is 11.5 Å². The zero-order valence-electron chi connectivity index (χ0n) is 17.4. The van der Waals surface area contributed by atoms with Gasteiger partial charge >= 0.3 is 0 Å². The first-order chi connectivity index (χ1) is 14.6. The first-order valence-electron chi connectivity index (χ1n) is 10.2. The summed E-state index contributed by atoms with van der Waals surface area (Å²) in [6, 6.07) is 17.8. The molecule has 30 heavy (non-hydrogen) atoms. The van der Waals surface area contributed by atoms with Gasteiger partial charge < -0.3 is 14.4 Å². The largest absolute Gasteiger partial charge is 0.496 e. The molecule has 5 heteroatoms. The van der Waals surface area contributed by atoms with Crippen LogP contribution < -0.4 is 9.47 Å². The number of hydrogen-bond acceptors (Lipinski definition) is 4. The van der Waals surface area contributed by atoms with E-state index in [9.17, 15) is 4.79 Å². The lowest BCUT2D eigenvalue weighted by Gasteiger charge is -2.24. The topological polar surface area (TPSA) is 51.7 Å². The predicted octanol–water partition coefficient (Wildman–Crippen LogP) is 4.19. The zero-order chi connectivity index (χ0) is 20.9. The van der Waals surface area contributed by atoms with Gasteiger partial charge in [-0.15, -0.1) is 0 Å². The summed E-state index contributed by atoms with van der Waals surface area (Å²) >= 11 is 0. The number of nitrogens with zero attached hydrogens (tertiary/aromatic N) is 2. The second-order valence-electron chi connectivity index (χ2n) is 7.67. The van der Waals surface area contributed by atoms with Crippen LogP contribution in [0.5, 0.6) is 11.5 Å². The number of amides is 1. The number of para-hydroxylation sites is 1. The van der Waals surface area contributed by atoms with Crippen LogP contribution in [0.25, 0.3) is 0 Å². The minimum Gasteiger partial charge on any atom is -0.496 e. The van der Waals surface area contributed by atoms with E-state index in [1.165, 1.54) is 5.56 Å². The van der Waals surface area contributed by atoms with E-state index in [4.69, 9.17) is 9.47 Å². The number of ether oxygens (including phenoxy) is 2. The molecule has 154 valence electrons. The van der Waals surface area contributed by atoms with Gasteiger partial charge in [0.2, 0.25) is 5.91 Å². The first-order valence-corrected chi connectivity index (χ1v) is 10.2. The number of pyridine rings is 1. The van der Waals surface area contributed by atoms with Gasteiger partial charge in [-0.25, -0.2) is 0 Å². The van der Waals surface area contributed by atoms with Gasteiger partial charge in [0.25, 0.3) is 0 Å². The summed E-state index contributed by atoms with van der Waals surface area (Å²) in [7, 11) is 1.65. The van der Waals surface area contributed by atoms with Crippen molar-refractivity contribution < 1.29 is 14.3 Å². The molecule has 0 aliphatic carbocycles. The van der Waals surface area contributed by atoms with E-state index >= 15 is 0 Å². The Morgan fingerprint density at radius 1 is 1.13 bits per heavy atom. The minimum atomic E-state index is 0.0664. The van der Waals surface area contributed by atoms with Crippen molar-refractivity contribution in [2.45, 2.75) is 39.0 Å². The molecule has 0 saturated carbocycles. The summed E-state index contributed by atoms with van der Waals surface area (Å²) in [5.41, 5.74) is 4.16. The molecule has 1 amide bonds. The lowest BCUT2D eigenvalue weighted by atomic mass is 10.0. The quantitative estimate of drug-likeness (QED) is 0.595. The van der Waals surface area contributed by atoms with E-state index in [0.717, 1.165) is 34.6 Å². The van der Waals surface area contributed by atoms with Crippen LogP contribution in [-0.2, 0) is 30.7 Å². The van der Waals surface area contributed by atoms with Crippen molar-refractivity contribution in [3.63, 3.8) is 0 Å². The SMILES string of the molecule is COc1ccccc1CN(Cc1cccnc1)C(=O)Cc1ccc2c(c1)C[C@H](C)O2. The summed E-state index contributed by atoms with van der Waals surface area (Å²) in [6.45, 7) is 3.03. The van der Waals surface area contributed by atoms with Crippen molar-refractivity contribution in [3.05, 3.63) is 89.2 Å². The molecule has 1 atom stereocenters. The van der Waals surface area contributed by atoms with Crippen LogP contribution in [0, 0.1) is 0 Å². The molecule has 0 radical (unpaired) electrons. The Labute approximate surface area is 177 Å². The van der Waals surface area contributed by atoms with E-state index in [1.54, 1.807) is 19.5 Å². The highest BCUT2D eigenvalue weighted by Gasteiger charge is 2.21. The fourth-order valence-corrected chi connectivity index (χ4v) is 3.86. The van der Waals surface area contributed by atoms with Gasteiger partial charge in [-0.05, 0) is 41.8 Å². The van der Waals surface area contributed by atoms with Crippen molar-refractivity contribution in [1.29, 1.82) is 0 Å². The molecule has 2 aromatic carbocycles. The molecule has 0 N–H and O–H groups in total. The number of hydrogen-bond donors (Lipinski definition) is 0. The maximum absolute atomic E-state index is 13.3. The number of aromatic nitrogens is 1. The number of rotatable bonds is 7. The molecule has 3 aromatic rings. The molecular weight excluding hydrogens is 376 g/mol. The monoisotopic (exact) mass is 402 g/mol. The van der Waals surface area contributed by atoms with E-state index in [1.807, 2.05) is 53.4 Å². The van der Waals surface area contributed by atoms with E-state index in [2.05, 4.69) is 18.0 Å². The Hall–Kier alpha value is -3.34. The molecule has 1 aromatic heterocycles. The standard InChI is InChI=1S/C25H26N2O3/c1-18-12-22-13-19(9-10-24(22)30-18)14-25(28)27(16-20-6-5-11-26-15-20)17-21-7-3-4-8-23(21)29-2/h3-11,13,15,18H,12,14,16-17H2,1-2H3/t18-/m0/s1. The highest BCUT2D eigenvalue weighted by molar-refractivity contribution is 5.79. The molecule has 0 unspecified atom stereocenters. The number of benzene rings is 2. The van der Waals surface area contributed by atoms with E-state index < -0.39 is 0 Å². The van der Waals surface area contributed by atoms with Gasteiger partial charge in [0.05, 0.1) is 13.5 Å². The molecular formula is C25H26N2O3. The molecule has 2 heterocycles. The third-order valence-corrected chi connectivity index (χ3v) is 5.32. The summed E-state index contributed by atoms with van der Waals surface area (Å²) in [4.78, 5) is 19.4. The second kappa shape index (κ2) is 8.99. The summed E-state index contributed by atoms with van der Waals surface area (Å²) in [6.07, 6.45) is 4.97.